The van der Waals surface area contributed by atoms with Crippen molar-refractivity contribution in [1.82, 2.24) is 10.3 Å². The third-order valence-electron chi connectivity index (χ3n) is 2.87. The number of thiocarbonyl (C=S) groups is 1. The molecule has 0 saturated carbocycles. The van der Waals surface area contributed by atoms with E-state index in [1.807, 2.05) is 11.8 Å². The van der Waals surface area contributed by atoms with Gasteiger partial charge in [-0.05, 0) is 13.0 Å². The highest BCUT2D eigenvalue weighted by molar-refractivity contribution is 7.80. The summed E-state index contributed by atoms with van der Waals surface area (Å²) in [5, 5.41) is 2.82. The van der Waals surface area contributed by atoms with Gasteiger partial charge >= 0.3 is 0 Å². The standard InChI is InChI=1S/C11H14N4OS/c1-7-11(16)14-4-5-15(7)9-6-13-3-2-8(9)10(12)17/h2-3,6-7H,4-5H2,1H3,(H2,12,17)(H,14,16). The van der Waals surface area contributed by atoms with Crippen molar-refractivity contribution in [3.05, 3.63) is 24.0 Å². The van der Waals surface area contributed by atoms with Gasteiger partial charge in [-0.2, -0.15) is 0 Å². The molecule has 1 unspecified atom stereocenters. The van der Waals surface area contributed by atoms with Crippen molar-refractivity contribution in [3.8, 4) is 0 Å². The molecular weight excluding hydrogens is 236 g/mol. The summed E-state index contributed by atoms with van der Waals surface area (Å²) in [5.41, 5.74) is 7.26. The second-order valence-corrected chi connectivity index (χ2v) is 4.36. The molecule has 0 bridgehead atoms. The van der Waals surface area contributed by atoms with Crippen LogP contribution in [-0.2, 0) is 4.79 Å². The van der Waals surface area contributed by atoms with E-state index in [2.05, 4.69) is 10.3 Å². The van der Waals surface area contributed by atoms with E-state index in [-0.39, 0.29) is 11.9 Å². The summed E-state index contributed by atoms with van der Waals surface area (Å²) >= 11 is 5.01. The van der Waals surface area contributed by atoms with Gasteiger partial charge in [0.2, 0.25) is 5.91 Å². The zero-order valence-electron chi connectivity index (χ0n) is 9.51. The van der Waals surface area contributed by atoms with Gasteiger partial charge in [0.25, 0.3) is 0 Å². The molecule has 0 aromatic carbocycles. The van der Waals surface area contributed by atoms with E-state index < -0.39 is 0 Å². The Balaban J connectivity index is 2.39. The Kier molecular flexibility index (Phi) is 3.23. The third kappa shape index (κ3) is 2.21. The maximum atomic E-state index is 11.6. The molecule has 0 radical (unpaired) electrons. The molecule has 6 heteroatoms. The van der Waals surface area contributed by atoms with Crippen molar-refractivity contribution < 1.29 is 4.79 Å². The van der Waals surface area contributed by atoms with E-state index in [0.717, 1.165) is 17.8 Å². The Morgan fingerprint density at radius 1 is 1.71 bits per heavy atom. The summed E-state index contributed by atoms with van der Waals surface area (Å²) in [6.45, 7) is 3.20. The number of hydrogen-bond donors (Lipinski definition) is 2. The van der Waals surface area contributed by atoms with E-state index in [4.69, 9.17) is 18.0 Å². The third-order valence-corrected chi connectivity index (χ3v) is 3.09. The van der Waals surface area contributed by atoms with E-state index in [1.54, 1.807) is 18.5 Å². The molecule has 1 aliphatic heterocycles. The molecular formula is C11H14N4OS. The van der Waals surface area contributed by atoms with Crippen LogP contribution in [0.4, 0.5) is 5.69 Å². The van der Waals surface area contributed by atoms with Crippen LogP contribution in [0.5, 0.6) is 0 Å². The Morgan fingerprint density at radius 3 is 3.18 bits per heavy atom. The largest absolute Gasteiger partial charge is 0.389 e. The number of nitrogens with one attached hydrogen (secondary N) is 1. The molecule has 1 aromatic rings. The van der Waals surface area contributed by atoms with Crippen molar-refractivity contribution >= 4 is 28.8 Å². The molecule has 3 N–H and O–H groups in total. The zero-order chi connectivity index (χ0) is 12.4. The molecule has 1 aliphatic rings. The first-order valence-electron chi connectivity index (χ1n) is 5.39. The number of rotatable bonds is 2. The summed E-state index contributed by atoms with van der Waals surface area (Å²) in [4.78, 5) is 18.0. The van der Waals surface area contributed by atoms with Gasteiger partial charge in [0, 0.05) is 24.8 Å². The molecule has 2 rings (SSSR count). The Bertz CT molecular complexity index is 463. The summed E-state index contributed by atoms with van der Waals surface area (Å²) in [7, 11) is 0. The second kappa shape index (κ2) is 4.67. The number of anilines is 1. The first-order chi connectivity index (χ1) is 8.11. The minimum absolute atomic E-state index is 0.00833. The summed E-state index contributed by atoms with van der Waals surface area (Å²) in [6.07, 6.45) is 3.34. The maximum Gasteiger partial charge on any atom is 0.242 e. The van der Waals surface area contributed by atoms with Gasteiger partial charge in [0.05, 0.1) is 11.9 Å². The molecule has 0 spiro atoms. The van der Waals surface area contributed by atoms with E-state index in [9.17, 15) is 4.79 Å². The molecule has 1 fully saturated rings. The number of carbonyl (C=O) groups is 1. The van der Waals surface area contributed by atoms with Gasteiger partial charge in [0.1, 0.15) is 11.0 Å². The lowest BCUT2D eigenvalue weighted by molar-refractivity contribution is -0.122. The molecule has 0 aliphatic carbocycles. The van der Waals surface area contributed by atoms with Gasteiger partial charge in [0.15, 0.2) is 0 Å². The van der Waals surface area contributed by atoms with Crippen LogP contribution in [0.3, 0.4) is 0 Å². The molecule has 17 heavy (non-hydrogen) atoms. The molecule has 1 saturated heterocycles. The lowest BCUT2D eigenvalue weighted by atomic mass is 10.1. The number of nitrogens with zero attached hydrogens (tertiary/aromatic N) is 2. The quantitative estimate of drug-likeness (QED) is 0.725. The maximum absolute atomic E-state index is 11.6. The van der Waals surface area contributed by atoms with Gasteiger partial charge < -0.3 is 16.0 Å². The highest BCUT2D eigenvalue weighted by atomic mass is 32.1. The highest BCUT2D eigenvalue weighted by Crippen LogP contribution is 2.22. The molecule has 2 heterocycles. The number of aromatic nitrogens is 1. The molecule has 1 atom stereocenters. The predicted molar refractivity (Wildman–Crippen MR) is 69.9 cm³/mol. The van der Waals surface area contributed by atoms with Crippen LogP contribution in [0.15, 0.2) is 18.5 Å². The zero-order valence-corrected chi connectivity index (χ0v) is 10.3. The van der Waals surface area contributed by atoms with Gasteiger partial charge in [-0.3, -0.25) is 9.78 Å². The van der Waals surface area contributed by atoms with Crippen molar-refractivity contribution in [2.45, 2.75) is 13.0 Å². The lowest BCUT2D eigenvalue weighted by Gasteiger charge is -2.35. The summed E-state index contributed by atoms with van der Waals surface area (Å²) in [6, 6.07) is 1.54. The van der Waals surface area contributed by atoms with Gasteiger partial charge in [-0.15, -0.1) is 0 Å². The minimum atomic E-state index is -0.235. The Morgan fingerprint density at radius 2 is 2.47 bits per heavy atom. The van der Waals surface area contributed by atoms with E-state index >= 15 is 0 Å². The first kappa shape index (κ1) is 11.8. The lowest BCUT2D eigenvalue weighted by Crippen LogP contribution is -2.54. The normalized spacial score (nSPS) is 19.9. The van der Waals surface area contributed by atoms with Gasteiger partial charge in [-0.25, -0.2) is 0 Å². The fraction of sp³-hybridized carbons (Fsp3) is 0.364. The fourth-order valence-electron chi connectivity index (χ4n) is 1.93. The van der Waals surface area contributed by atoms with Crippen LogP contribution in [0, 0.1) is 0 Å². The van der Waals surface area contributed by atoms with Gasteiger partial charge in [-0.1, -0.05) is 12.2 Å². The smallest absolute Gasteiger partial charge is 0.242 e. The van der Waals surface area contributed by atoms with Crippen LogP contribution >= 0.6 is 12.2 Å². The number of pyridine rings is 1. The number of hydrogen-bond acceptors (Lipinski definition) is 4. The van der Waals surface area contributed by atoms with Crippen LogP contribution in [0.2, 0.25) is 0 Å². The SMILES string of the molecule is CC1C(=O)NCCN1c1cnccc1C(N)=S. The minimum Gasteiger partial charge on any atom is -0.389 e. The second-order valence-electron chi connectivity index (χ2n) is 3.92. The first-order valence-corrected chi connectivity index (χ1v) is 5.80. The summed E-state index contributed by atoms with van der Waals surface area (Å²) in [5.74, 6) is 0.00833. The summed E-state index contributed by atoms with van der Waals surface area (Å²) < 4.78 is 0. The number of carbonyl (C=O) groups excluding carboxylic acids is 1. The number of amides is 1. The average Bonchev–Trinajstić information content (AvgIpc) is 2.33. The van der Waals surface area contributed by atoms with Crippen molar-refractivity contribution in [2.24, 2.45) is 5.73 Å². The topological polar surface area (TPSA) is 71.2 Å². The van der Waals surface area contributed by atoms with E-state index in [0.29, 0.717) is 11.5 Å². The van der Waals surface area contributed by atoms with Crippen LogP contribution < -0.4 is 16.0 Å². The molecule has 1 amide bonds. The predicted octanol–water partition coefficient (Wildman–Crippen LogP) is 0.0405. The highest BCUT2D eigenvalue weighted by Gasteiger charge is 2.27. The Labute approximate surface area is 105 Å². The average molecular weight is 250 g/mol. The van der Waals surface area contributed by atoms with Crippen LogP contribution in [0.25, 0.3) is 0 Å². The van der Waals surface area contributed by atoms with E-state index in [1.165, 1.54) is 0 Å². The van der Waals surface area contributed by atoms with Crippen LogP contribution in [-0.4, -0.2) is 35.0 Å². The number of piperazine rings is 1. The fourth-order valence-corrected chi connectivity index (χ4v) is 2.11. The number of nitrogens with two attached hydrogens (primary N) is 1. The van der Waals surface area contributed by atoms with Crippen LogP contribution in [0.1, 0.15) is 12.5 Å². The van der Waals surface area contributed by atoms with Crippen molar-refractivity contribution in [2.75, 3.05) is 18.0 Å². The monoisotopic (exact) mass is 250 g/mol. The molecule has 5 nitrogen and oxygen atoms in total. The Hall–Kier alpha value is -1.69. The molecule has 1 aromatic heterocycles. The van der Waals surface area contributed by atoms with Crippen molar-refractivity contribution in [1.29, 1.82) is 0 Å². The molecule has 90 valence electrons. The van der Waals surface area contributed by atoms with Crippen molar-refractivity contribution in [3.63, 3.8) is 0 Å².